The molecule has 0 amide bonds. The average Bonchev–Trinajstić information content (AvgIpc) is 3.37. The summed E-state index contributed by atoms with van der Waals surface area (Å²) in [6.07, 6.45) is -0.267. The second-order valence-corrected chi connectivity index (χ2v) is 8.21. The van der Waals surface area contributed by atoms with Crippen LogP contribution < -0.4 is 4.90 Å². The summed E-state index contributed by atoms with van der Waals surface area (Å²) < 4.78 is 41.0. The van der Waals surface area contributed by atoms with Crippen LogP contribution in [-0.4, -0.2) is 91.8 Å². The van der Waals surface area contributed by atoms with Crippen molar-refractivity contribution in [2.75, 3.05) is 38.1 Å². The third kappa shape index (κ3) is 9.43. The molecule has 3 heterocycles. The summed E-state index contributed by atoms with van der Waals surface area (Å²) in [5.41, 5.74) is 1.30. The number of aliphatic carboxylic acids is 4. The third-order valence-electron chi connectivity index (χ3n) is 5.31. The molecular formula is C25H25F3N4O8. The molecule has 1 aliphatic rings. The Morgan fingerprint density at radius 3 is 1.75 bits per heavy atom. The minimum Gasteiger partial charge on any atom is -0.478 e. The zero-order valence-electron chi connectivity index (χ0n) is 20.9. The number of rotatable bonds is 5. The monoisotopic (exact) mass is 566 g/mol. The number of carbonyl (C=O) groups is 4. The molecule has 40 heavy (non-hydrogen) atoms. The van der Waals surface area contributed by atoms with Crippen LogP contribution in [0, 0.1) is 0 Å². The van der Waals surface area contributed by atoms with E-state index in [0.717, 1.165) is 49.6 Å². The van der Waals surface area contributed by atoms with Crippen LogP contribution in [0.15, 0.2) is 60.8 Å². The number of carboxylic acids is 4. The molecule has 3 aromatic rings. The molecular weight excluding hydrogens is 541 g/mol. The smallest absolute Gasteiger partial charge is 0.416 e. The number of likely N-dealkylation sites (N-methyl/N-ethyl adjacent to an activating group) is 1. The van der Waals surface area contributed by atoms with E-state index < -0.39 is 35.6 Å². The molecule has 15 heteroatoms. The van der Waals surface area contributed by atoms with Gasteiger partial charge in [-0.2, -0.15) is 13.2 Å². The third-order valence-corrected chi connectivity index (χ3v) is 5.31. The van der Waals surface area contributed by atoms with Crippen LogP contribution in [0.3, 0.4) is 0 Å². The zero-order valence-corrected chi connectivity index (χ0v) is 20.9. The zero-order chi connectivity index (χ0) is 30.0. The fourth-order valence-electron chi connectivity index (χ4n) is 3.47. The summed E-state index contributed by atoms with van der Waals surface area (Å²) in [6, 6.07) is 7.59. The van der Waals surface area contributed by atoms with Crippen LogP contribution in [-0.2, 0) is 25.4 Å². The summed E-state index contributed by atoms with van der Waals surface area (Å²) in [7, 11) is 2.06. The van der Waals surface area contributed by atoms with Crippen molar-refractivity contribution in [3.05, 3.63) is 66.4 Å². The van der Waals surface area contributed by atoms with E-state index in [-0.39, 0.29) is 0 Å². The fraction of sp³-hybridized carbons (Fsp3) is 0.240. The molecule has 4 N–H and O–H groups in total. The number of benzene rings is 1. The Morgan fingerprint density at radius 1 is 0.800 bits per heavy atom. The highest BCUT2D eigenvalue weighted by atomic mass is 19.4. The van der Waals surface area contributed by atoms with Crippen LogP contribution in [0.2, 0.25) is 0 Å². The van der Waals surface area contributed by atoms with Gasteiger partial charge in [-0.15, -0.1) is 0 Å². The second kappa shape index (κ2) is 13.7. The molecule has 1 aliphatic heterocycles. The molecule has 0 unspecified atom stereocenters. The van der Waals surface area contributed by atoms with Crippen molar-refractivity contribution in [3.8, 4) is 0 Å². The molecule has 0 radical (unpaired) electrons. The molecule has 0 saturated carbocycles. The second-order valence-electron chi connectivity index (χ2n) is 8.21. The van der Waals surface area contributed by atoms with E-state index in [4.69, 9.17) is 20.4 Å². The number of piperazine rings is 1. The van der Waals surface area contributed by atoms with Crippen molar-refractivity contribution < 1.29 is 52.8 Å². The van der Waals surface area contributed by atoms with Gasteiger partial charge in [-0.1, -0.05) is 0 Å². The Hall–Kier alpha value is -4.92. The van der Waals surface area contributed by atoms with Gasteiger partial charge < -0.3 is 34.6 Å². The Labute approximate surface area is 224 Å². The normalized spacial score (nSPS) is 14.1. The molecule has 12 nitrogen and oxygen atoms in total. The van der Waals surface area contributed by atoms with Gasteiger partial charge in [0.05, 0.1) is 22.1 Å². The fourth-order valence-corrected chi connectivity index (χ4v) is 3.47. The van der Waals surface area contributed by atoms with Gasteiger partial charge in [0, 0.05) is 56.7 Å². The standard InChI is InChI=1S/C17H17F3N4.2C4H4O4/c1-22-7-9-23(10-8-22)16-15-3-2-6-24(15)14-5-4-12(17(18,19)20)11-13(14)21-16;2*5-3(6)1-2-4(7)8/h2-6,11H,7-10H2,1H3;2*1-2H,(H,5,6)(H,7,8)/b;2*2-1+. The van der Waals surface area contributed by atoms with E-state index >= 15 is 0 Å². The molecule has 4 rings (SSSR count). The number of fused-ring (bicyclic) bond motifs is 3. The van der Waals surface area contributed by atoms with E-state index in [9.17, 15) is 32.3 Å². The van der Waals surface area contributed by atoms with Crippen molar-refractivity contribution in [1.29, 1.82) is 0 Å². The number of nitrogens with zero attached hydrogens (tertiary/aromatic N) is 4. The Bertz CT molecular complexity index is 1380. The maximum atomic E-state index is 13.0. The first kappa shape index (κ1) is 31.3. The highest BCUT2D eigenvalue weighted by Gasteiger charge is 2.31. The lowest BCUT2D eigenvalue weighted by Crippen LogP contribution is -2.45. The largest absolute Gasteiger partial charge is 0.478 e. The Balaban J connectivity index is 0.000000290. The number of carboxylic acid groups (broad SMARTS) is 4. The Morgan fingerprint density at radius 2 is 1.30 bits per heavy atom. The van der Waals surface area contributed by atoms with Crippen molar-refractivity contribution in [2.24, 2.45) is 0 Å². The highest BCUT2D eigenvalue weighted by Crippen LogP contribution is 2.33. The lowest BCUT2D eigenvalue weighted by molar-refractivity contribution is -0.137. The number of anilines is 1. The van der Waals surface area contributed by atoms with Gasteiger partial charge in [0.25, 0.3) is 0 Å². The predicted molar refractivity (Wildman–Crippen MR) is 136 cm³/mol. The van der Waals surface area contributed by atoms with Gasteiger partial charge >= 0.3 is 30.1 Å². The van der Waals surface area contributed by atoms with Crippen molar-refractivity contribution in [3.63, 3.8) is 0 Å². The summed E-state index contributed by atoms with van der Waals surface area (Å²) in [5, 5.41) is 31.2. The number of aromatic nitrogens is 2. The minimum atomic E-state index is -4.37. The van der Waals surface area contributed by atoms with Gasteiger partial charge in [-0.25, -0.2) is 24.2 Å². The quantitative estimate of drug-likeness (QED) is 0.335. The lowest BCUT2D eigenvalue weighted by atomic mass is 10.2. The van der Waals surface area contributed by atoms with Crippen LogP contribution in [0.4, 0.5) is 19.0 Å². The minimum absolute atomic E-state index is 0.363. The predicted octanol–water partition coefficient (Wildman–Crippen LogP) is 2.68. The van der Waals surface area contributed by atoms with Crippen LogP contribution in [0.25, 0.3) is 16.6 Å². The van der Waals surface area contributed by atoms with Gasteiger partial charge in [-0.05, 0) is 37.4 Å². The van der Waals surface area contributed by atoms with Crippen molar-refractivity contribution >= 4 is 46.2 Å². The van der Waals surface area contributed by atoms with Gasteiger partial charge in [0.15, 0.2) is 5.82 Å². The maximum absolute atomic E-state index is 13.0. The number of hydrogen-bond acceptors (Lipinski definition) is 7. The molecule has 0 bridgehead atoms. The van der Waals surface area contributed by atoms with Gasteiger partial charge in [0.1, 0.15) is 0 Å². The number of alkyl halides is 3. The first-order chi connectivity index (χ1) is 18.7. The average molecular weight is 566 g/mol. The van der Waals surface area contributed by atoms with E-state index in [1.165, 1.54) is 6.07 Å². The first-order valence-electron chi connectivity index (χ1n) is 11.4. The Kier molecular flexibility index (Phi) is 10.8. The molecule has 0 atom stereocenters. The van der Waals surface area contributed by atoms with Crippen molar-refractivity contribution in [2.45, 2.75) is 6.18 Å². The first-order valence-corrected chi connectivity index (χ1v) is 11.4. The lowest BCUT2D eigenvalue weighted by Gasteiger charge is -2.33. The molecule has 1 saturated heterocycles. The molecule has 214 valence electrons. The molecule has 1 fully saturated rings. The molecule has 0 aliphatic carbocycles. The maximum Gasteiger partial charge on any atom is 0.416 e. The van der Waals surface area contributed by atoms with Crippen LogP contribution >= 0.6 is 0 Å². The van der Waals surface area contributed by atoms with E-state index in [1.807, 2.05) is 22.7 Å². The number of hydrogen-bond donors (Lipinski definition) is 4. The van der Waals surface area contributed by atoms with E-state index in [0.29, 0.717) is 35.3 Å². The van der Waals surface area contributed by atoms with Crippen molar-refractivity contribution in [1.82, 2.24) is 14.3 Å². The summed E-state index contributed by atoms with van der Waals surface area (Å²) in [5.74, 6) is -4.28. The van der Waals surface area contributed by atoms with E-state index in [1.54, 1.807) is 0 Å². The molecule has 0 spiro atoms. The van der Waals surface area contributed by atoms with Gasteiger partial charge in [0.2, 0.25) is 0 Å². The van der Waals surface area contributed by atoms with Crippen LogP contribution in [0.1, 0.15) is 5.56 Å². The highest BCUT2D eigenvalue weighted by molar-refractivity contribution is 5.90. The summed E-state index contributed by atoms with van der Waals surface area (Å²) >= 11 is 0. The summed E-state index contributed by atoms with van der Waals surface area (Å²) in [4.78, 5) is 47.2. The summed E-state index contributed by atoms with van der Waals surface area (Å²) in [6.45, 7) is 3.45. The topological polar surface area (TPSA) is 173 Å². The molecule has 2 aromatic heterocycles. The SMILES string of the molecule is CN1CCN(c2nc3cc(C(F)(F)F)ccc3n3cccc23)CC1.O=C(O)/C=C/C(=O)O.O=C(O)/C=C/C(=O)O. The molecule has 1 aromatic carbocycles. The van der Waals surface area contributed by atoms with Gasteiger partial charge in [-0.3, -0.25) is 0 Å². The van der Waals surface area contributed by atoms with Crippen LogP contribution in [0.5, 0.6) is 0 Å². The number of halogens is 3. The van der Waals surface area contributed by atoms with E-state index in [2.05, 4.69) is 21.8 Å².